The molecule has 2 aromatic carbocycles. The normalized spacial score (nSPS) is 16.5. The number of rotatable bonds is 5. The summed E-state index contributed by atoms with van der Waals surface area (Å²) in [6, 6.07) is 19.4. The van der Waals surface area contributed by atoms with Gasteiger partial charge in [-0.05, 0) is 18.6 Å². The third-order valence-corrected chi connectivity index (χ3v) is 5.53. The lowest BCUT2D eigenvalue weighted by atomic mass is 10.1. The molecule has 2 heterocycles. The number of carbonyl (C=O) groups excluding carboxylic acids is 2. The summed E-state index contributed by atoms with van der Waals surface area (Å²) in [5, 5.41) is 2.92. The lowest BCUT2D eigenvalue weighted by molar-refractivity contribution is -0.132. The minimum absolute atomic E-state index is 0.133. The molecule has 5 nitrogen and oxygen atoms in total. The number of benzene rings is 2. The number of anilines is 1. The SMILES string of the molecule is O=C(NCc1scnc1-c1ccccc1)[C@@H]1CCN(c2ccccc2)C1=O. The van der Waals surface area contributed by atoms with Gasteiger partial charge in [-0.1, -0.05) is 48.5 Å². The molecule has 0 radical (unpaired) electrons. The summed E-state index contributed by atoms with van der Waals surface area (Å²) >= 11 is 1.51. The van der Waals surface area contributed by atoms with E-state index >= 15 is 0 Å². The lowest BCUT2D eigenvalue weighted by Gasteiger charge is -2.16. The maximum absolute atomic E-state index is 12.7. The summed E-state index contributed by atoms with van der Waals surface area (Å²) in [5.74, 6) is -0.976. The van der Waals surface area contributed by atoms with Crippen LogP contribution in [-0.2, 0) is 16.1 Å². The Morgan fingerprint density at radius 2 is 1.81 bits per heavy atom. The molecule has 27 heavy (non-hydrogen) atoms. The lowest BCUT2D eigenvalue weighted by Crippen LogP contribution is -2.36. The van der Waals surface area contributed by atoms with Gasteiger partial charge in [-0.15, -0.1) is 11.3 Å². The summed E-state index contributed by atoms with van der Waals surface area (Å²) in [6.45, 7) is 0.944. The van der Waals surface area contributed by atoms with E-state index in [1.54, 1.807) is 10.4 Å². The fraction of sp³-hybridized carbons (Fsp3) is 0.190. The third-order valence-electron chi connectivity index (χ3n) is 4.70. The van der Waals surface area contributed by atoms with Crippen molar-refractivity contribution in [2.24, 2.45) is 5.92 Å². The number of nitrogens with zero attached hydrogens (tertiary/aromatic N) is 2. The van der Waals surface area contributed by atoms with Crippen molar-refractivity contribution in [2.75, 3.05) is 11.4 Å². The Bertz CT molecular complexity index is 940. The minimum Gasteiger partial charge on any atom is -0.350 e. The maximum atomic E-state index is 12.7. The summed E-state index contributed by atoms with van der Waals surface area (Å²) in [7, 11) is 0. The molecule has 1 fully saturated rings. The van der Waals surface area contributed by atoms with Crippen molar-refractivity contribution >= 4 is 28.8 Å². The standard InChI is InChI=1S/C21H19N3O2S/c25-20(17-11-12-24(21(17)26)16-9-5-2-6-10-16)22-13-18-19(23-14-27-18)15-7-3-1-4-8-15/h1-10,14,17H,11-13H2,(H,22,25)/t17-/m0/s1. The van der Waals surface area contributed by atoms with Crippen LogP contribution in [0.3, 0.4) is 0 Å². The van der Waals surface area contributed by atoms with Crippen molar-refractivity contribution < 1.29 is 9.59 Å². The molecule has 3 aromatic rings. The molecule has 4 rings (SSSR count). The zero-order valence-electron chi connectivity index (χ0n) is 14.7. The zero-order chi connectivity index (χ0) is 18.6. The van der Waals surface area contributed by atoms with Crippen molar-refractivity contribution in [3.8, 4) is 11.3 Å². The summed E-state index contributed by atoms with van der Waals surface area (Å²) in [6.07, 6.45) is 0.536. The molecule has 6 heteroatoms. The number of nitrogens with one attached hydrogen (secondary N) is 1. The number of amides is 2. The van der Waals surface area contributed by atoms with Crippen molar-refractivity contribution in [2.45, 2.75) is 13.0 Å². The highest BCUT2D eigenvalue weighted by Crippen LogP contribution is 2.27. The van der Waals surface area contributed by atoms with E-state index in [1.807, 2.05) is 60.7 Å². The molecule has 1 saturated heterocycles. The van der Waals surface area contributed by atoms with Gasteiger partial charge in [-0.25, -0.2) is 4.98 Å². The van der Waals surface area contributed by atoms with E-state index in [4.69, 9.17) is 0 Å². The predicted octanol–water partition coefficient (Wildman–Crippen LogP) is 3.48. The molecule has 0 bridgehead atoms. The average Bonchev–Trinajstić information content (AvgIpc) is 3.34. The summed E-state index contributed by atoms with van der Waals surface area (Å²) in [4.78, 5) is 32.3. The van der Waals surface area contributed by atoms with Gasteiger partial charge in [0, 0.05) is 17.8 Å². The number of aromatic nitrogens is 1. The van der Waals surface area contributed by atoms with Crippen LogP contribution in [0.5, 0.6) is 0 Å². The Kier molecular flexibility index (Phi) is 4.98. The van der Waals surface area contributed by atoms with Gasteiger partial charge >= 0.3 is 0 Å². The largest absolute Gasteiger partial charge is 0.350 e. The first kappa shape index (κ1) is 17.4. The molecule has 1 aromatic heterocycles. The molecule has 0 spiro atoms. The van der Waals surface area contributed by atoms with Crippen LogP contribution in [0, 0.1) is 5.92 Å². The number of hydrogen-bond acceptors (Lipinski definition) is 4. The second-order valence-corrected chi connectivity index (χ2v) is 7.31. The zero-order valence-corrected chi connectivity index (χ0v) is 15.5. The molecule has 136 valence electrons. The quantitative estimate of drug-likeness (QED) is 0.693. The second-order valence-electron chi connectivity index (χ2n) is 6.37. The molecule has 1 atom stereocenters. The van der Waals surface area contributed by atoms with Gasteiger partial charge in [0.1, 0.15) is 5.92 Å². The Hall–Kier alpha value is -2.99. The van der Waals surface area contributed by atoms with Gasteiger partial charge < -0.3 is 10.2 Å². The molecule has 1 N–H and O–H groups in total. The van der Waals surface area contributed by atoms with Gasteiger partial charge in [0.15, 0.2) is 0 Å². The van der Waals surface area contributed by atoms with Gasteiger partial charge in [0.05, 0.1) is 22.6 Å². The predicted molar refractivity (Wildman–Crippen MR) is 106 cm³/mol. The first-order valence-corrected chi connectivity index (χ1v) is 9.74. The highest BCUT2D eigenvalue weighted by Gasteiger charge is 2.37. The Morgan fingerprint density at radius 3 is 2.56 bits per heavy atom. The van der Waals surface area contributed by atoms with Crippen LogP contribution >= 0.6 is 11.3 Å². The van der Waals surface area contributed by atoms with Gasteiger partial charge in [0.25, 0.3) is 0 Å². The Labute approximate surface area is 161 Å². The molecule has 2 amide bonds. The highest BCUT2D eigenvalue weighted by atomic mass is 32.1. The van der Waals surface area contributed by atoms with E-state index in [0.717, 1.165) is 21.8 Å². The van der Waals surface area contributed by atoms with Crippen LogP contribution in [0.2, 0.25) is 0 Å². The van der Waals surface area contributed by atoms with Gasteiger partial charge in [0.2, 0.25) is 11.8 Å². The van der Waals surface area contributed by atoms with Crippen LogP contribution in [-0.4, -0.2) is 23.3 Å². The number of carbonyl (C=O) groups is 2. The minimum atomic E-state index is -0.627. The van der Waals surface area contributed by atoms with Crippen LogP contribution in [0.1, 0.15) is 11.3 Å². The first-order valence-electron chi connectivity index (χ1n) is 8.86. The van der Waals surface area contributed by atoms with Crippen molar-refractivity contribution in [1.82, 2.24) is 10.3 Å². The van der Waals surface area contributed by atoms with E-state index in [-0.39, 0.29) is 11.8 Å². The van der Waals surface area contributed by atoms with Gasteiger partial charge in [-0.2, -0.15) is 0 Å². The number of thiazole rings is 1. The van der Waals surface area contributed by atoms with Crippen LogP contribution < -0.4 is 10.2 Å². The van der Waals surface area contributed by atoms with E-state index in [0.29, 0.717) is 19.5 Å². The first-order chi connectivity index (χ1) is 13.2. The molecular formula is C21H19N3O2S. The fourth-order valence-electron chi connectivity index (χ4n) is 3.31. The van der Waals surface area contributed by atoms with E-state index in [1.165, 1.54) is 11.3 Å². The van der Waals surface area contributed by atoms with Crippen molar-refractivity contribution in [3.63, 3.8) is 0 Å². The number of para-hydroxylation sites is 1. The Morgan fingerprint density at radius 1 is 1.11 bits per heavy atom. The van der Waals surface area contributed by atoms with Crippen LogP contribution in [0.15, 0.2) is 66.2 Å². The fourth-order valence-corrected chi connectivity index (χ4v) is 4.03. The highest BCUT2D eigenvalue weighted by molar-refractivity contribution is 7.10. The Balaban J connectivity index is 1.41. The molecule has 1 aliphatic rings. The van der Waals surface area contributed by atoms with Crippen LogP contribution in [0.4, 0.5) is 5.69 Å². The van der Waals surface area contributed by atoms with E-state index < -0.39 is 5.92 Å². The average molecular weight is 377 g/mol. The smallest absolute Gasteiger partial charge is 0.239 e. The van der Waals surface area contributed by atoms with E-state index in [2.05, 4.69) is 10.3 Å². The third kappa shape index (κ3) is 3.61. The molecule has 0 unspecified atom stereocenters. The maximum Gasteiger partial charge on any atom is 0.239 e. The monoisotopic (exact) mass is 377 g/mol. The topological polar surface area (TPSA) is 62.3 Å². The van der Waals surface area contributed by atoms with Crippen molar-refractivity contribution in [3.05, 3.63) is 71.1 Å². The summed E-state index contributed by atoms with van der Waals surface area (Å²) in [5.41, 5.74) is 4.52. The molecule has 0 aliphatic carbocycles. The molecular weight excluding hydrogens is 358 g/mol. The second kappa shape index (κ2) is 7.72. The van der Waals surface area contributed by atoms with Crippen LogP contribution in [0.25, 0.3) is 11.3 Å². The number of hydrogen-bond donors (Lipinski definition) is 1. The summed E-state index contributed by atoms with van der Waals surface area (Å²) < 4.78 is 0. The van der Waals surface area contributed by atoms with Crippen molar-refractivity contribution in [1.29, 1.82) is 0 Å². The molecule has 0 saturated carbocycles. The van der Waals surface area contributed by atoms with Gasteiger partial charge in [-0.3, -0.25) is 9.59 Å². The van der Waals surface area contributed by atoms with E-state index in [9.17, 15) is 9.59 Å². The molecule has 1 aliphatic heterocycles.